The molecule has 0 amide bonds. The molecule has 7 heteroatoms. The van der Waals surface area contributed by atoms with Crippen molar-refractivity contribution in [1.82, 2.24) is 0 Å². The number of thioether (sulfide) groups is 1. The third kappa shape index (κ3) is 3.42. The van der Waals surface area contributed by atoms with Crippen LogP contribution >= 0.6 is 11.8 Å². The molecule has 0 aliphatic heterocycles. The lowest BCUT2D eigenvalue weighted by molar-refractivity contribution is -0.00542. The van der Waals surface area contributed by atoms with Crippen LogP contribution in [0.15, 0.2) is 57.2 Å². The van der Waals surface area contributed by atoms with Gasteiger partial charge in [-0.2, -0.15) is 13.2 Å². The molecule has 0 fully saturated rings. The standard InChI is InChI=1S/C12H10N2O3S2/c13-14-9-6-7-11(12(8-9)19(15,16)17)18-10-4-2-1-3-5-10/h1-5,7-8H,6H2,(H,15,16,17). The smallest absolute Gasteiger partial charge is 0.297 e. The average Bonchev–Trinajstić information content (AvgIpc) is 2.39. The second-order valence-electron chi connectivity index (χ2n) is 3.76. The number of rotatable bonds is 3. The molecule has 0 aromatic heterocycles. The van der Waals surface area contributed by atoms with Crippen LogP contribution in [0.5, 0.6) is 0 Å². The largest absolute Gasteiger partial charge is 0.361 e. The number of benzene rings is 1. The molecule has 2 rings (SSSR count). The number of allylic oxidation sites excluding steroid dienone is 2. The Labute approximate surface area is 115 Å². The molecule has 1 N–H and O–H groups in total. The second kappa shape index (κ2) is 5.54. The van der Waals surface area contributed by atoms with Crippen LogP contribution in [-0.4, -0.2) is 23.5 Å². The van der Waals surface area contributed by atoms with Gasteiger partial charge in [-0.05, 0) is 12.1 Å². The quantitative estimate of drug-likeness (QED) is 0.527. The first-order valence-electron chi connectivity index (χ1n) is 5.34. The SMILES string of the molecule is [N-]=[N+]=C1C=C(S(=O)(=O)O)C(Sc2ccccc2)=CC1. The zero-order valence-corrected chi connectivity index (χ0v) is 11.4. The fourth-order valence-corrected chi connectivity index (χ4v) is 3.49. The van der Waals surface area contributed by atoms with E-state index in [2.05, 4.69) is 4.79 Å². The van der Waals surface area contributed by atoms with E-state index in [0.717, 1.165) is 4.90 Å². The Morgan fingerprint density at radius 2 is 1.95 bits per heavy atom. The third-order valence-corrected chi connectivity index (χ3v) is 4.55. The van der Waals surface area contributed by atoms with Gasteiger partial charge >= 0.3 is 0 Å². The lowest BCUT2D eigenvalue weighted by Gasteiger charge is -2.11. The Hall–Kier alpha value is -1.66. The van der Waals surface area contributed by atoms with E-state index < -0.39 is 10.1 Å². The second-order valence-corrected chi connectivity index (χ2v) is 6.27. The minimum atomic E-state index is -4.36. The van der Waals surface area contributed by atoms with E-state index in [9.17, 15) is 13.0 Å². The van der Waals surface area contributed by atoms with Gasteiger partial charge < -0.3 is 5.53 Å². The molecule has 0 spiro atoms. The molecule has 1 aliphatic carbocycles. The van der Waals surface area contributed by atoms with E-state index >= 15 is 0 Å². The normalized spacial score (nSPS) is 15.5. The van der Waals surface area contributed by atoms with Crippen molar-refractivity contribution in [3.63, 3.8) is 0 Å². The summed E-state index contributed by atoms with van der Waals surface area (Å²) in [6.45, 7) is 0. The number of hydrogen-bond acceptors (Lipinski definition) is 3. The summed E-state index contributed by atoms with van der Waals surface area (Å²) < 4.78 is 31.9. The summed E-state index contributed by atoms with van der Waals surface area (Å²) in [7, 11) is -4.36. The molecule has 1 aromatic rings. The number of nitrogens with zero attached hydrogens (tertiary/aromatic N) is 2. The van der Waals surface area contributed by atoms with Gasteiger partial charge in [0.15, 0.2) is 0 Å². The maximum Gasteiger partial charge on any atom is 0.297 e. The van der Waals surface area contributed by atoms with Crippen LogP contribution in [0.2, 0.25) is 0 Å². The Morgan fingerprint density at radius 3 is 2.53 bits per heavy atom. The van der Waals surface area contributed by atoms with Crippen LogP contribution in [-0.2, 0) is 10.1 Å². The first-order chi connectivity index (χ1) is 9.00. The average molecular weight is 294 g/mol. The van der Waals surface area contributed by atoms with Crippen LogP contribution in [0.1, 0.15) is 6.42 Å². The monoisotopic (exact) mass is 294 g/mol. The summed E-state index contributed by atoms with van der Waals surface area (Å²) in [6, 6.07) is 9.20. The van der Waals surface area contributed by atoms with Crippen molar-refractivity contribution >= 4 is 27.6 Å². The predicted molar refractivity (Wildman–Crippen MR) is 73.3 cm³/mol. The zero-order chi connectivity index (χ0) is 13.9. The fraction of sp³-hybridized carbons (Fsp3) is 0.0833. The summed E-state index contributed by atoms with van der Waals surface area (Å²) in [5.41, 5.74) is 8.87. The predicted octanol–water partition coefficient (Wildman–Crippen LogP) is 2.51. The minimum absolute atomic E-state index is 0.185. The first kappa shape index (κ1) is 13.8. The summed E-state index contributed by atoms with van der Waals surface area (Å²) in [5, 5.41) is 0. The summed E-state index contributed by atoms with van der Waals surface area (Å²) >= 11 is 1.23. The van der Waals surface area contributed by atoms with Crippen molar-refractivity contribution in [2.75, 3.05) is 0 Å². The van der Waals surface area contributed by atoms with Gasteiger partial charge in [0, 0.05) is 15.9 Å². The van der Waals surface area contributed by atoms with Crippen molar-refractivity contribution in [2.24, 2.45) is 0 Å². The van der Waals surface area contributed by atoms with Gasteiger partial charge in [0.25, 0.3) is 15.8 Å². The maximum atomic E-state index is 11.3. The van der Waals surface area contributed by atoms with E-state index in [1.807, 2.05) is 30.3 Å². The van der Waals surface area contributed by atoms with Crippen LogP contribution in [0.25, 0.3) is 5.53 Å². The Bertz CT molecular complexity index is 700. The lowest BCUT2D eigenvalue weighted by Crippen LogP contribution is -2.11. The van der Waals surface area contributed by atoms with Crippen LogP contribution in [0.3, 0.4) is 0 Å². The third-order valence-electron chi connectivity index (χ3n) is 2.41. The molecule has 0 radical (unpaired) electrons. The van der Waals surface area contributed by atoms with Crippen molar-refractivity contribution in [2.45, 2.75) is 11.3 Å². The van der Waals surface area contributed by atoms with Crippen molar-refractivity contribution in [3.8, 4) is 0 Å². The van der Waals surface area contributed by atoms with Crippen molar-refractivity contribution in [1.29, 1.82) is 0 Å². The summed E-state index contributed by atoms with van der Waals surface area (Å²) in [6.07, 6.45) is 3.08. The van der Waals surface area contributed by atoms with Crippen molar-refractivity contribution < 1.29 is 17.8 Å². The van der Waals surface area contributed by atoms with Gasteiger partial charge in [0.1, 0.15) is 4.91 Å². The van der Waals surface area contributed by atoms with Crippen LogP contribution in [0.4, 0.5) is 0 Å². The molecular formula is C12H10N2O3S2. The molecule has 19 heavy (non-hydrogen) atoms. The molecule has 0 saturated heterocycles. The van der Waals surface area contributed by atoms with Crippen molar-refractivity contribution in [3.05, 3.63) is 57.8 Å². The first-order valence-corrected chi connectivity index (χ1v) is 7.60. The Balaban J connectivity index is 2.38. The lowest BCUT2D eigenvalue weighted by atomic mass is 10.1. The molecule has 0 bridgehead atoms. The van der Waals surface area contributed by atoms with Gasteiger partial charge in [-0.25, -0.2) is 0 Å². The van der Waals surface area contributed by atoms with Crippen LogP contribution < -0.4 is 0 Å². The molecule has 0 heterocycles. The van der Waals surface area contributed by atoms with E-state index in [4.69, 9.17) is 5.53 Å². The van der Waals surface area contributed by atoms with Gasteiger partial charge in [-0.15, -0.1) is 0 Å². The minimum Gasteiger partial charge on any atom is -0.361 e. The number of hydrogen-bond donors (Lipinski definition) is 1. The Kier molecular flexibility index (Phi) is 4.01. The topological polar surface area (TPSA) is 90.8 Å². The fourth-order valence-electron chi connectivity index (χ4n) is 1.56. The van der Waals surface area contributed by atoms with E-state index in [1.165, 1.54) is 17.8 Å². The summed E-state index contributed by atoms with van der Waals surface area (Å²) in [5.74, 6) is 0. The van der Waals surface area contributed by atoms with E-state index in [-0.39, 0.29) is 10.6 Å². The van der Waals surface area contributed by atoms with E-state index in [1.54, 1.807) is 6.08 Å². The highest BCUT2D eigenvalue weighted by Crippen LogP contribution is 2.35. The molecule has 0 saturated carbocycles. The maximum absolute atomic E-state index is 11.3. The molecular weight excluding hydrogens is 284 g/mol. The molecule has 5 nitrogen and oxygen atoms in total. The van der Waals surface area contributed by atoms with Gasteiger partial charge in [-0.3, -0.25) is 4.55 Å². The highest BCUT2D eigenvalue weighted by atomic mass is 32.2. The molecule has 0 unspecified atom stereocenters. The Morgan fingerprint density at radius 1 is 1.26 bits per heavy atom. The highest BCUT2D eigenvalue weighted by molar-refractivity contribution is 8.05. The molecule has 0 atom stereocenters. The zero-order valence-electron chi connectivity index (χ0n) is 9.72. The molecule has 1 aromatic carbocycles. The highest BCUT2D eigenvalue weighted by Gasteiger charge is 2.26. The van der Waals surface area contributed by atoms with Gasteiger partial charge in [0.05, 0.1) is 6.42 Å². The van der Waals surface area contributed by atoms with Gasteiger partial charge in [0.2, 0.25) is 0 Å². The molecule has 1 aliphatic rings. The van der Waals surface area contributed by atoms with Crippen LogP contribution in [0, 0.1) is 0 Å². The van der Waals surface area contributed by atoms with Gasteiger partial charge in [-0.1, -0.05) is 36.0 Å². The van der Waals surface area contributed by atoms with E-state index in [0.29, 0.717) is 11.3 Å². The summed E-state index contributed by atoms with van der Waals surface area (Å²) in [4.78, 5) is 3.99. The molecule has 98 valence electrons.